The number of thioether (sulfide) groups is 1. The summed E-state index contributed by atoms with van der Waals surface area (Å²) in [5.74, 6) is 1.93. The van der Waals surface area contributed by atoms with E-state index in [9.17, 15) is 13.2 Å². The Hall–Kier alpha value is -1.87. The summed E-state index contributed by atoms with van der Waals surface area (Å²) in [5.41, 5.74) is 4.37. The van der Waals surface area contributed by atoms with E-state index >= 15 is 0 Å². The van der Waals surface area contributed by atoms with E-state index in [1.807, 2.05) is 36.0 Å². The van der Waals surface area contributed by atoms with Crippen molar-refractivity contribution in [1.82, 2.24) is 14.5 Å². The molecule has 0 spiro atoms. The number of amides is 1. The van der Waals surface area contributed by atoms with Crippen LogP contribution in [0.15, 0.2) is 48.5 Å². The Labute approximate surface area is 196 Å². The van der Waals surface area contributed by atoms with Gasteiger partial charge >= 0.3 is 0 Å². The molecule has 8 heteroatoms. The SMILES string of the molecule is CCS(=O)(=O)N1CCN(Cc2ccc(C(=O)NCCSCc3cccc(C)c3)cc2)CC1. The number of sulfonamides is 1. The second kappa shape index (κ2) is 11.8. The van der Waals surface area contributed by atoms with Gasteiger partial charge in [-0.25, -0.2) is 8.42 Å². The Bertz CT molecular complexity index is 986. The van der Waals surface area contributed by atoms with E-state index in [4.69, 9.17) is 0 Å². The van der Waals surface area contributed by atoms with Crippen LogP contribution in [0.25, 0.3) is 0 Å². The van der Waals surface area contributed by atoms with Gasteiger partial charge < -0.3 is 5.32 Å². The van der Waals surface area contributed by atoms with Crippen LogP contribution in [-0.2, 0) is 22.3 Å². The van der Waals surface area contributed by atoms with Crippen molar-refractivity contribution in [3.8, 4) is 0 Å². The Kier molecular flexibility index (Phi) is 9.16. The zero-order chi connectivity index (χ0) is 23.0. The maximum Gasteiger partial charge on any atom is 0.251 e. The first-order valence-corrected chi connectivity index (χ1v) is 13.8. The van der Waals surface area contributed by atoms with Crippen molar-refractivity contribution in [3.63, 3.8) is 0 Å². The summed E-state index contributed by atoms with van der Waals surface area (Å²) in [6.45, 7) is 7.71. The topological polar surface area (TPSA) is 69.7 Å². The van der Waals surface area contributed by atoms with E-state index in [0.717, 1.165) is 36.7 Å². The number of nitrogens with zero attached hydrogens (tertiary/aromatic N) is 2. The molecule has 0 radical (unpaired) electrons. The number of carbonyl (C=O) groups is 1. The van der Waals surface area contributed by atoms with Crippen LogP contribution >= 0.6 is 11.8 Å². The highest BCUT2D eigenvalue weighted by Gasteiger charge is 2.25. The van der Waals surface area contributed by atoms with E-state index in [0.29, 0.717) is 25.2 Å². The minimum absolute atomic E-state index is 0.0499. The highest BCUT2D eigenvalue weighted by molar-refractivity contribution is 7.98. The molecule has 174 valence electrons. The summed E-state index contributed by atoms with van der Waals surface area (Å²) in [6, 6.07) is 16.2. The van der Waals surface area contributed by atoms with E-state index in [1.54, 1.807) is 11.2 Å². The van der Waals surface area contributed by atoms with Crippen LogP contribution < -0.4 is 5.32 Å². The van der Waals surface area contributed by atoms with Gasteiger partial charge in [-0.05, 0) is 37.1 Å². The van der Waals surface area contributed by atoms with E-state index in [-0.39, 0.29) is 11.7 Å². The molecule has 1 heterocycles. The van der Waals surface area contributed by atoms with Crippen LogP contribution in [0.3, 0.4) is 0 Å². The third-order valence-electron chi connectivity index (χ3n) is 5.59. The van der Waals surface area contributed by atoms with Crippen molar-refractivity contribution in [1.29, 1.82) is 0 Å². The molecule has 0 unspecified atom stereocenters. The van der Waals surface area contributed by atoms with Crippen molar-refractivity contribution >= 4 is 27.7 Å². The molecule has 0 saturated carbocycles. The zero-order valence-electron chi connectivity index (χ0n) is 18.9. The Morgan fingerprint density at radius 2 is 1.75 bits per heavy atom. The zero-order valence-corrected chi connectivity index (χ0v) is 20.6. The standard InChI is InChI=1S/C24H33N3O3S2/c1-3-32(29,30)27-14-12-26(13-15-27)18-21-7-9-23(10-8-21)24(28)25-11-16-31-19-22-6-4-5-20(2)17-22/h4-10,17H,3,11-16,18-19H2,1-2H3,(H,25,28). The predicted molar refractivity (Wildman–Crippen MR) is 132 cm³/mol. The van der Waals surface area contributed by atoms with Crippen molar-refractivity contribution in [3.05, 3.63) is 70.8 Å². The fraction of sp³-hybridized carbons (Fsp3) is 0.458. The number of hydrogen-bond donors (Lipinski definition) is 1. The minimum atomic E-state index is -3.10. The number of piperazine rings is 1. The number of nitrogens with one attached hydrogen (secondary N) is 1. The minimum Gasteiger partial charge on any atom is -0.351 e. The normalized spacial score (nSPS) is 15.6. The second-order valence-electron chi connectivity index (χ2n) is 8.07. The molecule has 0 bridgehead atoms. The van der Waals surface area contributed by atoms with Crippen LogP contribution in [0.5, 0.6) is 0 Å². The lowest BCUT2D eigenvalue weighted by atomic mass is 10.1. The van der Waals surface area contributed by atoms with Gasteiger partial charge in [0.05, 0.1) is 5.75 Å². The highest BCUT2D eigenvalue weighted by Crippen LogP contribution is 2.14. The molecule has 1 saturated heterocycles. The summed E-state index contributed by atoms with van der Waals surface area (Å²) in [7, 11) is -3.10. The maximum atomic E-state index is 12.4. The molecule has 0 aromatic heterocycles. The van der Waals surface area contributed by atoms with Gasteiger partial charge in [0, 0.05) is 56.3 Å². The van der Waals surface area contributed by atoms with Crippen molar-refractivity contribution < 1.29 is 13.2 Å². The molecular formula is C24H33N3O3S2. The molecule has 2 aromatic carbocycles. The summed E-state index contributed by atoms with van der Waals surface area (Å²) in [5, 5.41) is 2.99. The molecule has 3 rings (SSSR count). The lowest BCUT2D eigenvalue weighted by Gasteiger charge is -2.33. The van der Waals surface area contributed by atoms with E-state index in [1.165, 1.54) is 11.1 Å². The lowest BCUT2D eigenvalue weighted by Crippen LogP contribution is -2.48. The molecule has 2 aromatic rings. The molecule has 1 N–H and O–H groups in total. The van der Waals surface area contributed by atoms with Gasteiger partial charge in [-0.15, -0.1) is 0 Å². The summed E-state index contributed by atoms with van der Waals surface area (Å²) in [6.07, 6.45) is 0. The first-order chi connectivity index (χ1) is 15.4. The molecule has 32 heavy (non-hydrogen) atoms. The molecule has 0 aliphatic carbocycles. The Balaban J connectivity index is 1.37. The molecule has 1 aliphatic heterocycles. The highest BCUT2D eigenvalue weighted by atomic mass is 32.2. The Morgan fingerprint density at radius 3 is 2.41 bits per heavy atom. The summed E-state index contributed by atoms with van der Waals surface area (Å²) >= 11 is 1.82. The molecule has 0 atom stereocenters. The third-order valence-corrected chi connectivity index (χ3v) is 8.51. The van der Waals surface area contributed by atoms with E-state index in [2.05, 4.69) is 41.4 Å². The number of hydrogen-bond acceptors (Lipinski definition) is 5. The summed E-state index contributed by atoms with van der Waals surface area (Å²) < 4.78 is 25.5. The van der Waals surface area contributed by atoms with Crippen LogP contribution in [0.1, 0.15) is 34.0 Å². The smallest absolute Gasteiger partial charge is 0.251 e. The van der Waals surface area contributed by atoms with Gasteiger partial charge in [0.25, 0.3) is 5.91 Å². The molecule has 1 fully saturated rings. The largest absolute Gasteiger partial charge is 0.351 e. The van der Waals surface area contributed by atoms with Gasteiger partial charge in [0.1, 0.15) is 0 Å². The quantitative estimate of drug-likeness (QED) is 0.535. The van der Waals surface area contributed by atoms with Gasteiger partial charge in [-0.3, -0.25) is 9.69 Å². The number of carbonyl (C=O) groups excluding carboxylic acids is 1. The number of aryl methyl sites for hydroxylation is 1. The third kappa shape index (κ3) is 7.33. The maximum absolute atomic E-state index is 12.4. The van der Waals surface area contributed by atoms with Crippen molar-refractivity contribution in [2.75, 3.05) is 44.2 Å². The van der Waals surface area contributed by atoms with Crippen molar-refractivity contribution in [2.45, 2.75) is 26.1 Å². The average molecular weight is 476 g/mol. The molecule has 1 amide bonds. The lowest BCUT2D eigenvalue weighted by molar-refractivity contribution is 0.0956. The second-order valence-corrected chi connectivity index (χ2v) is 11.4. The van der Waals surface area contributed by atoms with Gasteiger partial charge in [-0.1, -0.05) is 42.0 Å². The van der Waals surface area contributed by atoms with Crippen LogP contribution in [0, 0.1) is 6.92 Å². The van der Waals surface area contributed by atoms with E-state index < -0.39 is 10.0 Å². The number of rotatable bonds is 10. The first-order valence-electron chi connectivity index (χ1n) is 11.1. The van der Waals surface area contributed by atoms with Crippen LogP contribution in [0.2, 0.25) is 0 Å². The fourth-order valence-electron chi connectivity index (χ4n) is 3.70. The summed E-state index contributed by atoms with van der Waals surface area (Å²) in [4.78, 5) is 14.6. The van der Waals surface area contributed by atoms with Gasteiger partial charge in [0.2, 0.25) is 10.0 Å². The van der Waals surface area contributed by atoms with Crippen molar-refractivity contribution in [2.24, 2.45) is 0 Å². The molecule has 6 nitrogen and oxygen atoms in total. The first kappa shape index (κ1) is 24.8. The molecule has 1 aliphatic rings. The van der Waals surface area contributed by atoms with Crippen LogP contribution in [-0.4, -0.2) is 67.8 Å². The van der Waals surface area contributed by atoms with Gasteiger partial charge in [-0.2, -0.15) is 16.1 Å². The fourth-order valence-corrected chi connectivity index (χ4v) is 5.59. The van der Waals surface area contributed by atoms with Crippen LogP contribution in [0.4, 0.5) is 0 Å². The number of benzene rings is 2. The predicted octanol–water partition coefficient (Wildman–Crippen LogP) is 3.13. The molecular weight excluding hydrogens is 442 g/mol. The van der Waals surface area contributed by atoms with Gasteiger partial charge in [0.15, 0.2) is 0 Å². The monoisotopic (exact) mass is 475 g/mol. The average Bonchev–Trinajstić information content (AvgIpc) is 2.79. The Morgan fingerprint density at radius 1 is 1.03 bits per heavy atom.